The third-order valence-corrected chi connectivity index (χ3v) is 4.48. The molecule has 2 N–H and O–H groups in total. The molecule has 0 aromatic heterocycles. The SMILES string of the molecule is CC(C)(C)c1cc(Cl)c(O)c(N=Cc2c(O)ccc3ccccc23)c1. The minimum absolute atomic E-state index is 0.0642. The van der Waals surface area contributed by atoms with Gasteiger partial charge in [-0.05, 0) is 39.9 Å². The molecule has 3 aromatic carbocycles. The molecule has 0 aliphatic carbocycles. The van der Waals surface area contributed by atoms with Gasteiger partial charge in [0.25, 0.3) is 0 Å². The van der Waals surface area contributed by atoms with Crippen LogP contribution in [-0.2, 0) is 5.41 Å². The summed E-state index contributed by atoms with van der Waals surface area (Å²) in [5.41, 5.74) is 1.84. The van der Waals surface area contributed by atoms with Crippen LogP contribution in [0.2, 0.25) is 5.02 Å². The fourth-order valence-corrected chi connectivity index (χ4v) is 2.88. The fourth-order valence-electron chi connectivity index (χ4n) is 2.67. The number of hydrogen-bond acceptors (Lipinski definition) is 3. The van der Waals surface area contributed by atoms with Gasteiger partial charge in [-0.1, -0.05) is 62.7 Å². The molecule has 0 radical (unpaired) electrons. The summed E-state index contributed by atoms with van der Waals surface area (Å²) in [6.07, 6.45) is 1.56. The Labute approximate surface area is 152 Å². The Morgan fingerprint density at radius 2 is 1.72 bits per heavy atom. The first-order chi connectivity index (χ1) is 11.8. The first kappa shape index (κ1) is 17.3. The van der Waals surface area contributed by atoms with E-state index in [9.17, 15) is 10.2 Å². The number of halogens is 1. The monoisotopic (exact) mass is 353 g/mol. The van der Waals surface area contributed by atoms with Crippen LogP contribution in [0.5, 0.6) is 11.5 Å². The Bertz CT molecular complexity index is 972. The molecule has 0 fully saturated rings. The van der Waals surface area contributed by atoms with Crippen molar-refractivity contribution in [2.75, 3.05) is 0 Å². The van der Waals surface area contributed by atoms with Gasteiger partial charge in [0.15, 0.2) is 5.75 Å². The van der Waals surface area contributed by atoms with Crippen molar-refractivity contribution in [1.29, 1.82) is 0 Å². The van der Waals surface area contributed by atoms with E-state index in [0.29, 0.717) is 11.3 Å². The largest absolute Gasteiger partial charge is 0.507 e. The van der Waals surface area contributed by atoms with E-state index in [1.54, 1.807) is 18.3 Å². The molecule has 0 saturated heterocycles. The average Bonchev–Trinajstić information content (AvgIpc) is 2.56. The van der Waals surface area contributed by atoms with Gasteiger partial charge < -0.3 is 10.2 Å². The standard InChI is InChI=1S/C21H20ClNO2/c1-21(2,3)14-10-17(22)20(25)18(11-14)23-12-16-15-7-5-4-6-13(15)8-9-19(16)24/h4-12,24-25H,1-3H3. The molecule has 0 spiro atoms. The summed E-state index contributed by atoms with van der Waals surface area (Å²) in [4.78, 5) is 4.40. The summed E-state index contributed by atoms with van der Waals surface area (Å²) < 4.78 is 0. The summed E-state index contributed by atoms with van der Waals surface area (Å²) in [5, 5.41) is 22.6. The summed E-state index contributed by atoms with van der Waals surface area (Å²) >= 11 is 6.16. The lowest BCUT2D eigenvalue weighted by Gasteiger charge is -2.20. The van der Waals surface area contributed by atoms with Crippen LogP contribution >= 0.6 is 11.6 Å². The molecule has 3 nitrogen and oxygen atoms in total. The highest BCUT2D eigenvalue weighted by Gasteiger charge is 2.18. The summed E-state index contributed by atoms with van der Waals surface area (Å²) in [6.45, 7) is 6.21. The van der Waals surface area contributed by atoms with E-state index in [2.05, 4.69) is 25.8 Å². The Kier molecular flexibility index (Phi) is 4.44. The Morgan fingerprint density at radius 1 is 1.00 bits per heavy atom. The predicted octanol–water partition coefficient (Wildman–Crippen LogP) is 5.95. The van der Waals surface area contributed by atoms with E-state index >= 15 is 0 Å². The van der Waals surface area contributed by atoms with E-state index in [4.69, 9.17) is 11.6 Å². The Balaban J connectivity index is 2.12. The maximum Gasteiger partial charge on any atom is 0.159 e. The zero-order chi connectivity index (χ0) is 18.2. The zero-order valence-electron chi connectivity index (χ0n) is 14.4. The van der Waals surface area contributed by atoms with Crippen molar-refractivity contribution in [1.82, 2.24) is 0 Å². The van der Waals surface area contributed by atoms with Crippen molar-refractivity contribution >= 4 is 34.3 Å². The van der Waals surface area contributed by atoms with E-state index in [1.165, 1.54) is 0 Å². The number of aromatic hydroxyl groups is 2. The molecule has 0 bridgehead atoms. The highest BCUT2D eigenvalue weighted by molar-refractivity contribution is 6.32. The second kappa shape index (κ2) is 6.41. The molecular formula is C21H20ClNO2. The summed E-state index contributed by atoms with van der Waals surface area (Å²) in [5.74, 6) is 0.0747. The predicted molar refractivity (Wildman–Crippen MR) is 105 cm³/mol. The summed E-state index contributed by atoms with van der Waals surface area (Å²) in [6, 6.07) is 14.8. The van der Waals surface area contributed by atoms with E-state index in [0.717, 1.165) is 16.3 Å². The highest BCUT2D eigenvalue weighted by Crippen LogP contribution is 2.39. The van der Waals surface area contributed by atoms with Crippen molar-refractivity contribution in [2.45, 2.75) is 26.2 Å². The number of benzene rings is 3. The number of phenols is 2. The van der Waals surface area contributed by atoms with E-state index in [1.807, 2.05) is 36.4 Å². The topological polar surface area (TPSA) is 52.8 Å². The second-order valence-corrected chi connectivity index (χ2v) is 7.46. The second-order valence-electron chi connectivity index (χ2n) is 7.05. The smallest absolute Gasteiger partial charge is 0.159 e. The normalized spacial score (nSPS) is 12.2. The van der Waals surface area contributed by atoms with Gasteiger partial charge in [-0.25, -0.2) is 0 Å². The molecule has 25 heavy (non-hydrogen) atoms. The molecule has 3 aromatic rings. The van der Waals surface area contributed by atoms with Gasteiger partial charge in [-0.2, -0.15) is 0 Å². The van der Waals surface area contributed by atoms with Crippen LogP contribution in [0.3, 0.4) is 0 Å². The van der Waals surface area contributed by atoms with Crippen LogP contribution in [0.1, 0.15) is 31.9 Å². The van der Waals surface area contributed by atoms with Crippen molar-refractivity contribution in [3.63, 3.8) is 0 Å². The van der Waals surface area contributed by atoms with Gasteiger partial charge >= 0.3 is 0 Å². The zero-order valence-corrected chi connectivity index (χ0v) is 15.2. The quantitative estimate of drug-likeness (QED) is 0.559. The molecule has 0 unspecified atom stereocenters. The van der Waals surface area contributed by atoms with Crippen LogP contribution in [0.15, 0.2) is 53.5 Å². The number of hydrogen-bond donors (Lipinski definition) is 2. The number of rotatable bonds is 2. The third-order valence-electron chi connectivity index (χ3n) is 4.19. The van der Waals surface area contributed by atoms with Crippen molar-refractivity contribution < 1.29 is 10.2 Å². The minimum Gasteiger partial charge on any atom is -0.507 e. The summed E-state index contributed by atoms with van der Waals surface area (Å²) in [7, 11) is 0. The van der Waals surface area contributed by atoms with Crippen molar-refractivity contribution in [2.24, 2.45) is 4.99 Å². The first-order valence-corrected chi connectivity index (χ1v) is 8.43. The van der Waals surface area contributed by atoms with Crippen LogP contribution in [0, 0.1) is 0 Å². The lowest BCUT2D eigenvalue weighted by atomic mass is 9.87. The number of aliphatic imine (C=N–C) groups is 1. The number of phenolic OH excluding ortho intramolecular Hbond substituents is 2. The van der Waals surface area contributed by atoms with Gasteiger partial charge in [-0.3, -0.25) is 4.99 Å². The van der Waals surface area contributed by atoms with Gasteiger partial charge in [-0.15, -0.1) is 0 Å². The molecule has 0 heterocycles. The molecule has 0 amide bonds. The third kappa shape index (κ3) is 3.47. The van der Waals surface area contributed by atoms with Crippen LogP contribution in [0.4, 0.5) is 5.69 Å². The molecule has 3 rings (SSSR count). The van der Waals surface area contributed by atoms with Crippen LogP contribution in [0.25, 0.3) is 10.8 Å². The lowest BCUT2D eigenvalue weighted by Crippen LogP contribution is -2.10. The van der Waals surface area contributed by atoms with Crippen molar-refractivity contribution in [3.05, 3.63) is 64.7 Å². The number of nitrogens with zero attached hydrogens (tertiary/aromatic N) is 1. The maximum atomic E-state index is 10.2. The Hall–Kier alpha value is -2.52. The first-order valence-electron chi connectivity index (χ1n) is 8.05. The van der Waals surface area contributed by atoms with E-state index in [-0.39, 0.29) is 21.9 Å². The minimum atomic E-state index is -0.122. The highest BCUT2D eigenvalue weighted by atomic mass is 35.5. The Morgan fingerprint density at radius 3 is 2.44 bits per heavy atom. The average molecular weight is 354 g/mol. The van der Waals surface area contributed by atoms with Gasteiger partial charge in [0.05, 0.1) is 5.02 Å². The molecular weight excluding hydrogens is 334 g/mol. The van der Waals surface area contributed by atoms with Crippen LogP contribution in [-0.4, -0.2) is 16.4 Å². The number of fused-ring (bicyclic) bond motifs is 1. The van der Waals surface area contributed by atoms with Gasteiger partial charge in [0.2, 0.25) is 0 Å². The van der Waals surface area contributed by atoms with E-state index < -0.39 is 0 Å². The van der Waals surface area contributed by atoms with Crippen molar-refractivity contribution in [3.8, 4) is 11.5 Å². The molecule has 0 atom stereocenters. The molecule has 0 aliphatic heterocycles. The molecule has 128 valence electrons. The molecule has 0 saturated carbocycles. The van der Waals surface area contributed by atoms with Crippen LogP contribution < -0.4 is 0 Å². The maximum absolute atomic E-state index is 10.2. The molecule has 0 aliphatic rings. The fraction of sp³-hybridized carbons (Fsp3) is 0.190. The lowest BCUT2D eigenvalue weighted by molar-refractivity contribution is 0.474. The van der Waals surface area contributed by atoms with Gasteiger partial charge in [0.1, 0.15) is 11.4 Å². The van der Waals surface area contributed by atoms with Gasteiger partial charge in [0, 0.05) is 11.8 Å². The molecule has 4 heteroatoms.